The SMILES string of the molecule is CCCCCCCCCCCCCCCCCCCCCCCCCCCCCC(O)C(COC1OC(CO)C(O)C(O)C1O)NC(=O)CCCCCCCCCCC. The molecule has 7 atom stereocenters. The zero-order chi connectivity index (χ0) is 43.0. The van der Waals surface area contributed by atoms with Gasteiger partial charge in [0.05, 0.1) is 25.4 Å². The topological polar surface area (TPSA) is 149 Å². The molecule has 1 amide bonds. The molecule has 352 valence electrons. The van der Waals surface area contributed by atoms with E-state index in [4.69, 9.17) is 9.47 Å². The Morgan fingerprint density at radius 3 is 1.20 bits per heavy atom. The second-order valence-corrected chi connectivity index (χ2v) is 18.3. The van der Waals surface area contributed by atoms with Crippen LogP contribution < -0.4 is 5.32 Å². The van der Waals surface area contributed by atoms with E-state index in [2.05, 4.69) is 19.2 Å². The van der Waals surface area contributed by atoms with Gasteiger partial charge < -0.3 is 40.3 Å². The van der Waals surface area contributed by atoms with Crippen molar-refractivity contribution < 1.29 is 39.8 Å². The number of hydrogen-bond donors (Lipinski definition) is 6. The summed E-state index contributed by atoms with van der Waals surface area (Å²) in [5, 5.41) is 54.3. The standard InChI is InChI=1S/C50H99NO8/c1-3-5-7-9-11-13-14-15-16-17-18-19-20-21-22-23-24-25-26-27-28-29-30-32-33-35-37-39-44(53)43(42-58-50-49(57)48(56)47(55)45(41-52)59-50)51-46(54)40-38-36-34-31-12-10-8-6-4-2/h43-45,47-50,52-53,55-57H,3-42H2,1-2H3,(H,51,54). The Balaban J connectivity index is 2.14. The van der Waals surface area contributed by atoms with Crippen LogP contribution in [-0.4, -0.2) is 87.5 Å². The van der Waals surface area contributed by atoms with Crippen LogP contribution in [0.3, 0.4) is 0 Å². The fraction of sp³-hybridized carbons (Fsp3) is 0.980. The summed E-state index contributed by atoms with van der Waals surface area (Å²) in [6, 6.07) is -0.711. The average Bonchev–Trinajstić information content (AvgIpc) is 3.23. The van der Waals surface area contributed by atoms with E-state index < -0.39 is 49.5 Å². The normalized spacial score (nSPS) is 20.6. The third-order valence-corrected chi connectivity index (χ3v) is 12.7. The van der Waals surface area contributed by atoms with Crippen molar-refractivity contribution in [3.63, 3.8) is 0 Å². The summed E-state index contributed by atoms with van der Waals surface area (Å²) in [5.74, 6) is -0.144. The molecule has 1 aliphatic rings. The average molecular weight is 842 g/mol. The molecule has 59 heavy (non-hydrogen) atoms. The van der Waals surface area contributed by atoms with Gasteiger partial charge in [0.15, 0.2) is 6.29 Å². The molecule has 0 aromatic rings. The van der Waals surface area contributed by atoms with Gasteiger partial charge in [-0.25, -0.2) is 0 Å². The highest BCUT2D eigenvalue weighted by atomic mass is 16.7. The molecular formula is C50H99NO8. The van der Waals surface area contributed by atoms with Crippen LogP contribution in [0.15, 0.2) is 0 Å². The van der Waals surface area contributed by atoms with Gasteiger partial charge in [0.2, 0.25) is 5.91 Å². The number of carbonyl (C=O) groups excluding carboxylic acids is 1. The molecule has 6 N–H and O–H groups in total. The first-order valence-corrected chi connectivity index (χ1v) is 25.7. The van der Waals surface area contributed by atoms with Gasteiger partial charge in [0, 0.05) is 6.42 Å². The smallest absolute Gasteiger partial charge is 0.220 e. The molecule has 1 heterocycles. The number of hydrogen-bond acceptors (Lipinski definition) is 8. The number of aliphatic hydroxyl groups is 5. The molecule has 0 bridgehead atoms. The van der Waals surface area contributed by atoms with Crippen LogP contribution in [0, 0.1) is 0 Å². The Morgan fingerprint density at radius 1 is 0.508 bits per heavy atom. The molecule has 1 rings (SSSR count). The summed E-state index contributed by atoms with van der Waals surface area (Å²) in [6.07, 6.45) is 40.0. The lowest BCUT2D eigenvalue weighted by Crippen LogP contribution is -2.60. The van der Waals surface area contributed by atoms with Gasteiger partial charge in [0.1, 0.15) is 24.4 Å². The molecule has 0 spiro atoms. The maximum atomic E-state index is 12.9. The highest BCUT2D eigenvalue weighted by Crippen LogP contribution is 2.23. The maximum absolute atomic E-state index is 12.9. The summed E-state index contributed by atoms with van der Waals surface area (Å²) < 4.78 is 11.3. The third-order valence-electron chi connectivity index (χ3n) is 12.7. The Hall–Kier alpha value is -0.810. The number of nitrogens with one attached hydrogen (secondary N) is 1. The van der Waals surface area contributed by atoms with Crippen LogP contribution in [-0.2, 0) is 14.3 Å². The molecule has 0 aromatic heterocycles. The fourth-order valence-electron chi connectivity index (χ4n) is 8.58. The van der Waals surface area contributed by atoms with E-state index in [1.165, 1.54) is 193 Å². The Kier molecular flexibility index (Phi) is 39.3. The van der Waals surface area contributed by atoms with Crippen LogP contribution in [0.4, 0.5) is 0 Å². The van der Waals surface area contributed by atoms with Crippen molar-refractivity contribution in [1.82, 2.24) is 5.32 Å². The van der Waals surface area contributed by atoms with Gasteiger partial charge in [-0.1, -0.05) is 239 Å². The quantitative estimate of drug-likeness (QED) is 0.0332. The third kappa shape index (κ3) is 31.6. The van der Waals surface area contributed by atoms with Crippen molar-refractivity contribution in [2.75, 3.05) is 13.2 Å². The highest BCUT2D eigenvalue weighted by Gasteiger charge is 2.44. The monoisotopic (exact) mass is 842 g/mol. The minimum absolute atomic E-state index is 0.132. The van der Waals surface area contributed by atoms with Crippen LogP contribution >= 0.6 is 0 Å². The van der Waals surface area contributed by atoms with Crippen LogP contribution in [0.25, 0.3) is 0 Å². The van der Waals surface area contributed by atoms with E-state index in [0.717, 1.165) is 38.5 Å². The lowest BCUT2D eigenvalue weighted by molar-refractivity contribution is -0.302. The van der Waals surface area contributed by atoms with Gasteiger partial charge in [-0.2, -0.15) is 0 Å². The number of aliphatic hydroxyl groups excluding tert-OH is 5. The van der Waals surface area contributed by atoms with Gasteiger partial charge in [-0.05, 0) is 12.8 Å². The Bertz CT molecular complexity index is 893. The van der Waals surface area contributed by atoms with Gasteiger partial charge in [-0.15, -0.1) is 0 Å². The molecule has 1 aliphatic heterocycles. The highest BCUT2D eigenvalue weighted by molar-refractivity contribution is 5.76. The molecule has 7 unspecified atom stereocenters. The van der Waals surface area contributed by atoms with Crippen LogP contribution in [0.5, 0.6) is 0 Å². The zero-order valence-electron chi connectivity index (χ0n) is 38.8. The van der Waals surface area contributed by atoms with Crippen molar-refractivity contribution in [3.05, 3.63) is 0 Å². The van der Waals surface area contributed by atoms with Gasteiger partial charge in [-0.3, -0.25) is 4.79 Å². The molecule has 0 saturated carbocycles. The molecule has 9 nitrogen and oxygen atoms in total. The van der Waals surface area contributed by atoms with E-state index in [1.807, 2.05) is 0 Å². The van der Waals surface area contributed by atoms with Crippen LogP contribution in [0.2, 0.25) is 0 Å². The predicted octanol–water partition coefficient (Wildman–Crippen LogP) is 11.5. The summed E-state index contributed by atoms with van der Waals surface area (Å²) in [7, 11) is 0. The lowest BCUT2D eigenvalue weighted by Gasteiger charge is -2.40. The molecule has 1 saturated heterocycles. The second kappa shape index (κ2) is 41.2. The molecule has 0 aliphatic carbocycles. The van der Waals surface area contributed by atoms with Gasteiger partial charge in [0.25, 0.3) is 0 Å². The number of carbonyl (C=O) groups is 1. The van der Waals surface area contributed by atoms with E-state index >= 15 is 0 Å². The first-order chi connectivity index (χ1) is 28.8. The molecule has 9 heteroatoms. The summed E-state index contributed by atoms with van der Waals surface area (Å²) >= 11 is 0. The van der Waals surface area contributed by atoms with Gasteiger partial charge >= 0.3 is 0 Å². The van der Waals surface area contributed by atoms with E-state index in [9.17, 15) is 30.3 Å². The Morgan fingerprint density at radius 2 is 0.847 bits per heavy atom. The summed E-state index contributed by atoms with van der Waals surface area (Å²) in [6.45, 7) is 3.83. The number of unbranched alkanes of at least 4 members (excludes halogenated alkanes) is 34. The predicted molar refractivity (Wildman–Crippen MR) is 244 cm³/mol. The van der Waals surface area contributed by atoms with Crippen LogP contribution in [0.1, 0.15) is 258 Å². The second-order valence-electron chi connectivity index (χ2n) is 18.3. The molecule has 1 fully saturated rings. The maximum Gasteiger partial charge on any atom is 0.220 e. The van der Waals surface area contributed by atoms with Crippen molar-refractivity contribution in [1.29, 1.82) is 0 Å². The first kappa shape index (κ1) is 56.2. The van der Waals surface area contributed by atoms with Crippen molar-refractivity contribution >= 4 is 5.91 Å². The van der Waals surface area contributed by atoms with E-state index in [1.54, 1.807) is 0 Å². The Labute approximate surface area is 364 Å². The fourth-order valence-corrected chi connectivity index (χ4v) is 8.58. The molecule has 0 radical (unpaired) electrons. The summed E-state index contributed by atoms with van der Waals surface area (Å²) in [4.78, 5) is 12.9. The summed E-state index contributed by atoms with van der Waals surface area (Å²) in [5.41, 5.74) is 0. The minimum atomic E-state index is -1.55. The zero-order valence-corrected chi connectivity index (χ0v) is 38.8. The van der Waals surface area contributed by atoms with Crippen molar-refractivity contribution in [2.45, 2.75) is 301 Å². The van der Waals surface area contributed by atoms with Crippen molar-refractivity contribution in [2.24, 2.45) is 0 Å². The minimum Gasteiger partial charge on any atom is -0.394 e. The molecule has 0 aromatic carbocycles. The number of amides is 1. The number of rotatable bonds is 44. The van der Waals surface area contributed by atoms with E-state index in [0.29, 0.717) is 12.8 Å². The first-order valence-electron chi connectivity index (χ1n) is 25.7. The van der Waals surface area contributed by atoms with Crippen molar-refractivity contribution in [3.8, 4) is 0 Å². The lowest BCUT2D eigenvalue weighted by atomic mass is 9.99. The largest absolute Gasteiger partial charge is 0.394 e. The van der Waals surface area contributed by atoms with E-state index in [-0.39, 0.29) is 12.5 Å². The molecular weight excluding hydrogens is 743 g/mol. The number of ether oxygens (including phenoxy) is 2.